The fraction of sp³-hybridized carbons (Fsp3) is 0.211. The van der Waals surface area contributed by atoms with Gasteiger partial charge < -0.3 is 9.42 Å². The van der Waals surface area contributed by atoms with E-state index in [1.165, 1.54) is 24.3 Å². The molecule has 3 aromatic rings. The number of aromatic nitrogens is 2. The van der Waals surface area contributed by atoms with Gasteiger partial charge in [0.2, 0.25) is 11.8 Å². The van der Waals surface area contributed by atoms with Crippen LogP contribution in [0.15, 0.2) is 53.1 Å². The van der Waals surface area contributed by atoms with E-state index < -0.39 is 0 Å². The van der Waals surface area contributed by atoms with Gasteiger partial charge in [-0.15, -0.1) is 0 Å². The van der Waals surface area contributed by atoms with Gasteiger partial charge in [-0.2, -0.15) is 4.98 Å². The largest absolute Gasteiger partial charge is 0.339 e. The second kappa shape index (κ2) is 6.67. The number of hydrogen-bond donors (Lipinski definition) is 0. The van der Waals surface area contributed by atoms with Gasteiger partial charge in [-0.3, -0.25) is 4.79 Å². The molecule has 1 saturated heterocycles. The summed E-state index contributed by atoms with van der Waals surface area (Å²) >= 11 is 0. The lowest BCUT2D eigenvalue weighted by Crippen LogP contribution is -2.24. The molecule has 0 bridgehead atoms. The first-order valence-electron chi connectivity index (χ1n) is 8.21. The van der Waals surface area contributed by atoms with Gasteiger partial charge in [0.15, 0.2) is 5.82 Å². The average Bonchev–Trinajstić information content (AvgIpc) is 3.24. The van der Waals surface area contributed by atoms with Crippen molar-refractivity contribution >= 4 is 11.6 Å². The molecule has 5 nitrogen and oxygen atoms in total. The topological polar surface area (TPSA) is 59.2 Å². The number of halogens is 2. The van der Waals surface area contributed by atoms with Crippen molar-refractivity contribution in [2.75, 3.05) is 11.4 Å². The molecule has 1 aromatic heterocycles. The number of carbonyl (C=O) groups excluding carboxylic acids is 1. The third kappa shape index (κ3) is 3.33. The second-order valence-corrected chi connectivity index (χ2v) is 6.23. The Balaban J connectivity index is 1.47. The van der Waals surface area contributed by atoms with E-state index in [1.807, 2.05) is 0 Å². The molecule has 1 amide bonds. The molecule has 1 aliphatic rings. The fourth-order valence-electron chi connectivity index (χ4n) is 3.03. The zero-order valence-electron chi connectivity index (χ0n) is 13.7. The summed E-state index contributed by atoms with van der Waals surface area (Å²) in [4.78, 5) is 18.3. The minimum atomic E-state index is -0.347. The van der Waals surface area contributed by atoms with Crippen LogP contribution >= 0.6 is 0 Å². The number of hydrogen-bond acceptors (Lipinski definition) is 4. The van der Waals surface area contributed by atoms with E-state index in [4.69, 9.17) is 4.52 Å². The molecule has 2 aromatic carbocycles. The van der Waals surface area contributed by atoms with E-state index in [0.29, 0.717) is 30.4 Å². The van der Waals surface area contributed by atoms with Crippen molar-refractivity contribution in [1.82, 2.24) is 10.1 Å². The molecule has 1 fully saturated rings. The first-order valence-corrected chi connectivity index (χ1v) is 8.21. The first kappa shape index (κ1) is 16.4. The van der Waals surface area contributed by atoms with Crippen LogP contribution in [0.5, 0.6) is 0 Å². The monoisotopic (exact) mass is 355 g/mol. The Labute approximate surface area is 148 Å². The standard InChI is InChI=1S/C19H15F2N3O2/c20-14-3-1-12(2-4-14)9-17-22-19(23-26-17)13-10-18(25)24(11-13)16-7-5-15(21)6-8-16/h1-8,13H,9-11H2/t13-/m1/s1. The predicted octanol–water partition coefficient (Wildman–Crippen LogP) is 3.46. The van der Waals surface area contributed by atoms with Crippen molar-refractivity contribution in [3.8, 4) is 0 Å². The highest BCUT2D eigenvalue weighted by atomic mass is 19.1. The number of amides is 1. The van der Waals surface area contributed by atoms with Crippen molar-refractivity contribution in [1.29, 1.82) is 0 Å². The number of rotatable bonds is 4. The number of nitrogens with zero attached hydrogens (tertiary/aromatic N) is 3. The maximum atomic E-state index is 13.1. The molecule has 0 aliphatic carbocycles. The Bertz CT molecular complexity index is 923. The van der Waals surface area contributed by atoms with E-state index >= 15 is 0 Å². The Hall–Kier alpha value is -3.09. The van der Waals surface area contributed by atoms with Crippen LogP contribution < -0.4 is 4.90 Å². The summed E-state index contributed by atoms with van der Waals surface area (Å²) in [5, 5.41) is 3.99. The molecule has 0 radical (unpaired) electrons. The van der Waals surface area contributed by atoms with E-state index in [-0.39, 0.29) is 29.9 Å². The van der Waals surface area contributed by atoms with Gasteiger partial charge in [0.05, 0.1) is 6.42 Å². The predicted molar refractivity (Wildman–Crippen MR) is 89.6 cm³/mol. The van der Waals surface area contributed by atoms with E-state index in [9.17, 15) is 13.6 Å². The van der Waals surface area contributed by atoms with Crippen LogP contribution in [0.1, 0.15) is 29.6 Å². The van der Waals surface area contributed by atoms with Gasteiger partial charge in [0.1, 0.15) is 11.6 Å². The summed E-state index contributed by atoms with van der Waals surface area (Å²) in [6.07, 6.45) is 0.669. The lowest BCUT2D eigenvalue weighted by molar-refractivity contribution is -0.117. The first-order chi connectivity index (χ1) is 12.6. The molecule has 0 spiro atoms. The van der Waals surface area contributed by atoms with Gasteiger partial charge in [0.25, 0.3) is 0 Å². The minimum absolute atomic E-state index is 0.0634. The molecule has 4 rings (SSSR count). The highest BCUT2D eigenvalue weighted by molar-refractivity contribution is 5.96. The molecule has 1 atom stereocenters. The Morgan fingerprint density at radius 1 is 1.04 bits per heavy atom. The molecular weight excluding hydrogens is 340 g/mol. The zero-order chi connectivity index (χ0) is 18.1. The van der Waals surface area contributed by atoms with Crippen molar-refractivity contribution in [3.05, 3.63) is 77.4 Å². The molecule has 0 saturated carbocycles. The summed E-state index contributed by atoms with van der Waals surface area (Å²) in [6.45, 7) is 0.417. The van der Waals surface area contributed by atoms with E-state index in [0.717, 1.165) is 5.56 Å². The summed E-state index contributed by atoms with van der Waals surface area (Å²) in [5.41, 5.74) is 1.51. The van der Waals surface area contributed by atoms with Crippen LogP contribution in [-0.2, 0) is 11.2 Å². The SMILES string of the molecule is O=C1C[C@@H](c2noc(Cc3ccc(F)cc3)n2)CN1c1ccc(F)cc1. The second-order valence-electron chi connectivity index (χ2n) is 6.23. The fourth-order valence-corrected chi connectivity index (χ4v) is 3.03. The van der Waals surface area contributed by atoms with Crippen molar-refractivity contribution in [2.45, 2.75) is 18.8 Å². The number of anilines is 1. The summed E-state index contributed by atoms with van der Waals surface area (Å²) in [7, 11) is 0. The van der Waals surface area contributed by atoms with Gasteiger partial charge in [-0.05, 0) is 42.0 Å². The van der Waals surface area contributed by atoms with E-state index in [2.05, 4.69) is 10.1 Å². The minimum Gasteiger partial charge on any atom is -0.339 e. The maximum absolute atomic E-state index is 13.1. The van der Waals surface area contributed by atoms with Crippen LogP contribution in [0.2, 0.25) is 0 Å². The third-order valence-electron chi connectivity index (χ3n) is 4.38. The maximum Gasteiger partial charge on any atom is 0.231 e. The number of carbonyl (C=O) groups is 1. The smallest absolute Gasteiger partial charge is 0.231 e. The molecule has 26 heavy (non-hydrogen) atoms. The summed E-state index contributed by atoms with van der Waals surface area (Å²) in [5.74, 6) is -0.00463. The normalized spacial score (nSPS) is 17.1. The van der Waals surface area contributed by atoms with Crippen LogP contribution in [0.3, 0.4) is 0 Å². The molecule has 132 valence electrons. The lowest BCUT2D eigenvalue weighted by Gasteiger charge is -2.15. The molecule has 2 heterocycles. The molecule has 0 unspecified atom stereocenters. The Morgan fingerprint density at radius 3 is 2.38 bits per heavy atom. The Kier molecular flexibility index (Phi) is 4.20. The van der Waals surface area contributed by atoms with E-state index in [1.54, 1.807) is 29.2 Å². The third-order valence-corrected chi connectivity index (χ3v) is 4.38. The van der Waals surface area contributed by atoms with Gasteiger partial charge >= 0.3 is 0 Å². The highest BCUT2D eigenvalue weighted by Crippen LogP contribution is 2.30. The molecular formula is C19H15F2N3O2. The molecule has 1 aliphatic heterocycles. The summed E-state index contributed by atoms with van der Waals surface area (Å²) in [6, 6.07) is 11.9. The average molecular weight is 355 g/mol. The quantitative estimate of drug-likeness (QED) is 0.719. The lowest BCUT2D eigenvalue weighted by atomic mass is 10.1. The molecule has 0 N–H and O–H groups in total. The van der Waals surface area contributed by atoms with Gasteiger partial charge in [-0.1, -0.05) is 17.3 Å². The molecule has 7 heteroatoms. The summed E-state index contributed by atoms with van der Waals surface area (Å²) < 4.78 is 31.3. The highest BCUT2D eigenvalue weighted by Gasteiger charge is 2.34. The van der Waals surface area contributed by atoms with Crippen LogP contribution in [0.4, 0.5) is 14.5 Å². The van der Waals surface area contributed by atoms with Crippen LogP contribution in [0.25, 0.3) is 0 Å². The van der Waals surface area contributed by atoms with Gasteiger partial charge in [-0.25, -0.2) is 8.78 Å². The van der Waals surface area contributed by atoms with Crippen molar-refractivity contribution in [2.24, 2.45) is 0 Å². The zero-order valence-corrected chi connectivity index (χ0v) is 13.7. The van der Waals surface area contributed by atoms with Gasteiger partial charge in [0, 0.05) is 24.6 Å². The Morgan fingerprint density at radius 2 is 1.69 bits per heavy atom. The van der Waals surface area contributed by atoms with Crippen molar-refractivity contribution in [3.63, 3.8) is 0 Å². The van der Waals surface area contributed by atoms with Crippen molar-refractivity contribution < 1.29 is 18.1 Å². The van der Waals surface area contributed by atoms with Crippen LogP contribution in [-0.4, -0.2) is 22.6 Å². The van der Waals surface area contributed by atoms with Crippen LogP contribution in [0, 0.1) is 11.6 Å². The number of benzene rings is 2.